The fourth-order valence-corrected chi connectivity index (χ4v) is 3.24. The number of nitrogens with zero attached hydrogens (tertiary/aromatic N) is 1. The van der Waals surface area contributed by atoms with E-state index in [1.807, 2.05) is 0 Å². The lowest BCUT2D eigenvalue weighted by Gasteiger charge is -2.45. The fourth-order valence-electron chi connectivity index (χ4n) is 3.24. The van der Waals surface area contributed by atoms with Gasteiger partial charge in [-0.15, -0.1) is 0 Å². The Bertz CT molecular complexity index is 235. The Morgan fingerprint density at radius 2 is 1.94 bits per heavy atom. The van der Waals surface area contributed by atoms with E-state index >= 15 is 0 Å². The molecule has 0 radical (unpaired) electrons. The maximum atomic E-state index is 3.77. The molecule has 4 atom stereocenters. The average Bonchev–Trinajstić information content (AvgIpc) is 3.20. The van der Waals surface area contributed by atoms with Crippen molar-refractivity contribution in [1.29, 1.82) is 0 Å². The molecule has 1 heterocycles. The molecule has 2 aliphatic rings. The third kappa shape index (κ3) is 3.03. The van der Waals surface area contributed by atoms with Crippen LogP contribution in [0.15, 0.2) is 0 Å². The first-order valence-electron chi connectivity index (χ1n) is 7.66. The van der Waals surface area contributed by atoms with Gasteiger partial charge in [-0.05, 0) is 38.0 Å². The topological polar surface area (TPSA) is 15.3 Å². The lowest BCUT2D eigenvalue weighted by Crippen LogP contribution is -2.60. The summed E-state index contributed by atoms with van der Waals surface area (Å²) in [6.45, 7) is 12.0. The van der Waals surface area contributed by atoms with Crippen LogP contribution in [-0.2, 0) is 0 Å². The first-order valence-corrected chi connectivity index (χ1v) is 7.66. The van der Waals surface area contributed by atoms with E-state index < -0.39 is 0 Å². The zero-order valence-corrected chi connectivity index (χ0v) is 12.1. The molecule has 4 unspecified atom stereocenters. The second-order valence-corrected chi connectivity index (χ2v) is 6.24. The fraction of sp³-hybridized carbons (Fsp3) is 1.00. The van der Waals surface area contributed by atoms with Crippen molar-refractivity contribution in [2.75, 3.05) is 13.1 Å². The quantitative estimate of drug-likeness (QED) is 0.792. The zero-order chi connectivity index (χ0) is 12.4. The first kappa shape index (κ1) is 13.4. The molecule has 1 saturated carbocycles. The first-order chi connectivity index (χ1) is 8.17. The average molecular weight is 238 g/mol. The van der Waals surface area contributed by atoms with E-state index in [2.05, 4.69) is 37.9 Å². The van der Waals surface area contributed by atoms with Gasteiger partial charge in [0, 0.05) is 31.2 Å². The standard InChI is InChI=1S/C15H30N2/c1-5-11(3)15-10-17(12(4)13-7-8-13)14(6-2)9-16-15/h11-16H,5-10H2,1-4H3. The molecule has 17 heavy (non-hydrogen) atoms. The van der Waals surface area contributed by atoms with E-state index in [0.717, 1.165) is 23.9 Å². The highest BCUT2D eigenvalue weighted by Crippen LogP contribution is 2.37. The molecule has 0 bridgehead atoms. The van der Waals surface area contributed by atoms with E-state index in [0.29, 0.717) is 6.04 Å². The van der Waals surface area contributed by atoms with Gasteiger partial charge >= 0.3 is 0 Å². The summed E-state index contributed by atoms with van der Waals surface area (Å²) in [5.41, 5.74) is 0. The minimum Gasteiger partial charge on any atom is -0.311 e. The number of rotatable bonds is 5. The molecule has 1 aliphatic heterocycles. The third-order valence-corrected chi connectivity index (χ3v) is 5.12. The minimum absolute atomic E-state index is 0.712. The highest BCUT2D eigenvalue weighted by molar-refractivity contribution is 4.94. The van der Waals surface area contributed by atoms with Crippen LogP contribution in [0, 0.1) is 11.8 Å². The predicted molar refractivity (Wildman–Crippen MR) is 74.2 cm³/mol. The summed E-state index contributed by atoms with van der Waals surface area (Å²) in [6, 6.07) is 2.29. The molecule has 1 aliphatic carbocycles. The number of hydrogen-bond acceptors (Lipinski definition) is 2. The van der Waals surface area contributed by atoms with Crippen LogP contribution in [0.5, 0.6) is 0 Å². The Balaban J connectivity index is 1.97. The van der Waals surface area contributed by atoms with Crippen molar-refractivity contribution in [1.82, 2.24) is 10.2 Å². The molecule has 0 aromatic heterocycles. The van der Waals surface area contributed by atoms with Crippen molar-refractivity contribution < 1.29 is 0 Å². The number of piperazine rings is 1. The van der Waals surface area contributed by atoms with Crippen molar-refractivity contribution in [3.8, 4) is 0 Å². The number of nitrogens with one attached hydrogen (secondary N) is 1. The minimum atomic E-state index is 0.712. The van der Waals surface area contributed by atoms with Crippen LogP contribution in [0.3, 0.4) is 0 Å². The molecule has 0 aromatic carbocycles. The van der Waals surface area contributed by atoms with Crippen LogP contribution in [0.2, 0.25) is 0 Å². The van der Waals surface area contributed by atoms with Gasteiger partial charge in [0.15, 0.2) is 0 Å². The summed E-state index contributed by atoms with van der Waals surface area (Å²) in [5.74, 6) is 1.81. The van der Waals surface area contributed by atoms with Crippen LogP contribution in [0.1, 0.15) is 53.4 Å². The normalized spacial score (nSPS) is 34.6. The molecule has 0 aromatic rings. The van der Waals surface area contributed by atoms with E-state index in [-0.39, 0.29) is 0 Å². The van der Waals surface area contributed by atoms with Crippen LogP contribution < -0.4 is 5.32 Å². The maximum Gasteiger partial charge on any atom is 0.0221 e. The summed E-state index contributed by atoms with van der Waals surface area (Å²) in [6.07, 6.45) is 5.52. The van der Waals surface area contributed by atoms with Gasteiger partial charge in [-0.2, -0.15) is 0 Å². The molecule has 2 fully saturated rings. The summed E-state index contributed by atoms with van der Waals surface area (Å²) in [7, 11) is 0. The predicted octanol–water partition coefficient (Wildman–Crippen LogP) is 2.88. The van der Waals surface area contributed by atoms with E-state index in [1.54, 1.807) is 0 Å². The van der Waals surface area contributed by atoms with Gasteiger partial charge in [0.25, 0.3) is 0 Å². The molecule has 2 rings (SSSR count). The second kappa shape index (κ2) is 5.71. The summed E-state index contributed by atoms with van der Waals surface area (Å²) in [5, 5.41) is 3.77. The monoisotopic (exact) mass is 238 g/mol. The number of hydrogen-bond donors (Lipinski definition) is 1. The van der Waals surface area contributed by atoms with Crippen molar-refractivity contribution in [3.05, 3.63) is 0 Å². The van der Waals surface area contributed by atoms with E-state index in [4.69, 9.17) is 0 Å². The van der Waals surface area contributed by atoms with Crippen molar-refractivity contribution in [2.45, 2.75) is 71.5 Å². The van der Waals surface area contributed by atoms with Crippen molar-refractivity contribution in [2.24, 2.45) is 11.8 Å². The van der Waals surface area contributed by atoms with Crippen molar-refractivity contribution in [3.63, 3.8) is 0 Å². The van der Waals surface area contributed by atoms with E-state index in [9.17, 15) is 0 Å². The summed E-state index contributed by atoms with van der Waals surface area (Å²) in [4.78, 5) is 2.81. The molecular weight excluding hydrogens is 208 g/mol. The van der Waals surface area contributed by atoms with Crippen LogP contribution in [-0.4, -0.2) is 36.1 Å². The largest absolute Gasteiger partial charge is 0.311 e. The second-order valence-electron chi connectivity index (χ2n) is 6.24. The molecule has 1 N–H and O–H groups in total. The third-order valence-electron chi connectivity index (χ3n) is 5.12. The molecular formula is C15H30N2. The molecule has 100 valence electrons. The molecule has 2 heteroatoms. The Hall–Kier alpha value is -0.0800. The zero-order valence-electron chi connectivity index (χ0n) is 12.1. The molecule has 1 saturated heterocycles. The smallest absolute Gasteiger partial charge is 0.0221 e. The van der Waals surface area contributed by atoms with Gasteiger partial charge in [-0.1, -0.05) is 27.2 Å². The van der Waals surface area contributed by atoms with Gasteiger partial charge in [-0.3, -0.25) is 4.90 Å². The van der Waals surface area contributed by atoms with Gasteiger partial charge in [0.2, 0.25) is 0 Å². The van der Waals surface area contributed by atoms with Crippen molar-refractivity contribution >= 4 is 0 Å². The SMILES string of the molecule is CCC(C)C1CN(C(C)C2CC2)C(CC)CN1. The Kier molecular flexibility index (Phi) is 4.48. The van der Waals surface area contributed by atoms with Gasteiger partial charge in [-0.25, -0.2) is 0 Å². The highest BCUT2D eigenvalue weighted by atomic mass is 15.3. The summed E-state index contributed by atoms with van der Waals surface area (Å²) >= 11 is 0. The lowest BCUT2D eigenvalue weighted by atomic mass is 9.93. The van der Waals surface area contributed by atoms with Gasteiger partial charge in [0.1, 0.15) is 0 Å². The van der Waals surface area contributed by atoms with E-state index in [1.165, 1.54) is 38.8 Å². The van der Waals surface area contributed by atoms with Gasteiger partial charge < -0.3 is 5.32 Å². The molecule has 0 spiro atoms. The van der Waals surface area contributed by atoms with Crippen LogP contribution >= 0.6 is 0 Å². The van der Waals surface area contributed by atoms with Crippen LogP contribution in [0.25, 0.3) is 0 Å². The summed E-state index contributed by atoms with van der Waals surface area (Å²) < 4.78 is 0. The highest BCUT2D eigenvalue weighted by Gasteiger charge is 2.38. The Labute approximate surface area is 107 Å². The Morgan fingerprint density at radius 3 is 2.47 bits per heavy atom. The maximum absolute atomic E-state index is 3.77. The Morgan fingerprint density at radius 1 is 1.24 bits per heavy atom. The van der Waals surface area contributed by atoms with Crippen LogP contribution in [0.4, 0.5) is 0 Å². The lowest BCUT2D eigenvalue weighted by molar-refractivity contribution is 0.0621. The molecule has 2 nitrogen and oxygen atoms in total. The molecule has 0 amide bonds. The van der Waals surface area contributed by atoms with Gasteiger partial charge in [0.05, 0.1) is 0 Å².